The summed E-state index contributed by atoms with van der Waals surface area (Å²) in [6.45, 7) is 7.42. The highest BCUT2D eigenvalue weighted by Crippen LogP contribution is 2.21. The lowest BCUT2D eigenvalue weighted by Crippen LogP contribution is -2.56. The summed E-state index contributed by atoms with van der Waals surface area (Å²) in [5.41, 5.74) is 6.52. The van der Waals surface area contributed by atoms with Crippen LogP contribution in [0.4, 0.5) is 0 Å². The van der Waals surface area contributed by atoms with Gasteiger partial charge in [-0.05, 0) is 49.9 Å². The van der Waals surface area contributed by atoms with Gasteiger partial charge in [0, 0.05) is 0 Å². The third-order valence-corrected chi connectivity index (χ3v) is 5.38. The Morgan fingerprint density at radius 3 is 2.20 bits per heavy atom. The van der Waals surface area contributed by atoms with E-state index in [2.05, 4.69) is 4.72 Å². The second-order valence-corrected chi connectivity index (χ2v) is 6.74. The number of rotatable bonds is 6. The minimum absolute atomic E-state index is 0.157. The third kappa shape index (κ3) is 3.19. The van der Waals surface area contributed by atoms with Gasteiger partial charge in [-0.2, -0.15) is 4.72 Å². The lowest BCUT2D eigenvalue weighted by molar-refractivity contribution is 0.458. The van der Waals surface area contributed by atoms with Crippen LogP contribution in [-0.2, 0) is 10.0 Å². The average Bonchev–Trinajstić information content (AvgIpc) is 2.38. The Labute approximate surface area is 121 Å². The van der Waals surface area contributed by atoms with Crippen LogP contribution < -0.4 is 10.5 Å². The molecule has 0 fully saturated rings. The van der Waals surface area contributed by atoms with E-state index in [-0.39, 0.29) is 10.7 Å². The SMILES string of the molecule is CCC(CC)(NS(=O)(=O)c1ccc(C)c(C)c1)C(=N)N. The molecule has 20 heavy (non-hydrogen) atoms. The summed E-state index contributed by atoms with van der Waals surface area (Å²) >= 11 is 0. The molecule has 0 unspecified atom stereocenters. The van der Waals surface area contributed by atoms with Crippen molar-refractivity contribution in [2.24, 2.45) is 5.73 Å². The van der Waals surface area contributed by atoms with E-state index in [9.17, 15) is 8.42 Å². The molecule has 4 N–H and O–H groups in total. The minimum Gasteiger partial charge on any atom is -0.386 e. The number of aryl methyl sites for hydroxylation is 2. The number of benzene rings is 1. The van der Waals surface area contributed by atoms with Crippen LogP contribution in [0.5, 0.6) is 0 Å². The molecule has 1 aromatic carbocycles. The number of hydrogen-bond donors (Lipinski definition) is 3. The molecule has 0 heterocycles. The Bertz CT molecular complexity index is 605. The average molecular weight is 297 g/mol. The molecule has 6 heteroatoms. The van der Waals surface area contributed by atoms with Gasteiger partial charge in [0.25, 0.3) is 0 Å². The first-order chi connectivity index (χ1) is 9.18. The number of amidine groups is 1. The van der Waals surface area contributed by atoms with E-state index in [0.29, 0.717) is 12.8 Å². The van der Waals surface area contributed by atoms with Gasteiger partial charge in [0.05, 0.1) is 10.4 Å². The van der Waals surface area contributed by atoms with Crippen LogP contribution in [0.15, 0.2) is 23.1 Å². The summed E-state index contributed by atoms with van der Waals surface area (Å²) in [6.07, 6.45) is 0.867. The van der Waals surface area contributed by atoms with E-state index in [0.717, 1.165) is 11.1 Å². The Kier molecular flexibility index (Phi) is 4.94. The molecule has 0 aromatic heterocycles. The molecule has 0 bridgehead atoms. The molecule has 0 amide bonds. The first-order valence-electron chi connectivity index (χ1n) is 6.64. The Balaban J connectivity index is 3.23. The fourth-order valence-electron chi connectivity index (χ4n) is 2.03. The van der Waals surface area contributed by atoms with Crippen LogP contribution in [0.25, 0.3) is 0 Å². The molecular formula is C14H23N3O2S. The normalized spacial score (nSPS) is 12.4. The monoisotopic (exact) mass is 297 g/mol. The largest absolute Gasteiger partial charge is 0.386 e. The van der Waals surface area contributed by atoms with Crippen molar-refractivity contribution in [3.63, 3.8) is 0 Å². The van der Waals surface area contributed by atoms with Crippen molar-refractivity contribution >= 4 is 15.9 Å². The van der Waals surface area contributed by atoms with Gasteiger partial charge in [-0.15, -0.1) is 0 Å². The van der Waals surface area contributed by atoms with Crippen LogP contribution in [0.1, 0.15) is 37.8 Å². The lowest BCUT2D eigenvalue weighted by Gasteiger charge is -2.31. The van der Waals surface area contributed by atoms with Crippen molar-refractivity contribution in [2.75, 3.05) is 0 Å². The summed E-state index contributed by atoms with van der Waals surface area (Å²) in [7, 11) is -3.70. The number of nitrogens with two attached hydrogens (primary N) is 1. The molecule has 0 saturated heterocycles. The topological polar surface area (TPSA) is 96.0 Å². The van der Waals surface area contributed by atoms with E-state index >= 15 is 0 Å². The van der Waals surface area contributed by atoms with Gasteiger partial charge in [-0.3, -0.25) is 5.41 Å². The quantitative estimate of drug-likeness (QED) is 0.554. The first kappa shape index (κ1) is 16.7. The Hall–Kier alpha value is -1.40. The van der Waals surface area contributed by atoms with Crippen LogP contribution >= 0.6 is 0 Å². The lowest BCUT2D eigenvalue weighted by atomic mass is 9.93. The zero-order chi connectivity index (χ0) is 15.6. The van der Waals surface area contributed by atoms with Crippen molar-refractivity contribution in [3.8, 4) is 0 Å². The second kappa shape index (κ2) is 5.93. The molecule has 0 aliphatic rings. The highest BCUT2D eigenvalue weighted by Gasteiger charge is 2.35. The van der Waals surface area contributed by atoms with E-state index in [1.165, 1.54) is 0 Å². The molecule has 1 rings (SSSR count). The van der Waals surface area contributed by atoms with Gasteiger partial charge in [0.15, 0.2) is 0 Å². The highest BCUT2D eigenvalue weighted by molar-refractivity contribution is 7.89. The highest BCUT2D eigenvalue weighted by atomic mass is 32.2. The predicted octanol–water partition coefficient (Wildman–Crippen LogP) is 2.08. The molecule has 0 atom stereocenters. The van der Waals surface area contributed by atoms with E-state index in [4.69, 9.17) is 11.1 Å². The number of sulfonamides is 1. The molecule has 112 valence electrons. The molecule has 0 spiro atoms. The first-order valence-corrected chi connectivity index (χ1v) is 8.12. The molecule has 0 aliphatic carbocycles. The van der Waals surface area contributed by atoms with Crippen molar-refractivity contribution in [1.82, 2.24) is 4.72 Å². The fourth-order valence-corrected chi connectivity index (χ4v) is 3.64. The van der Waals surface area contributed by atoms with Crippen LogP contribution in [0, 0.1) is 19.3 Å². The van der Waals surface area contributed by atoms with Gasteiger partial charge < -0.3 is 5.73 Å². The number of hydrogen-bond acceptors (Lipinski definition) is 3. The van der Waals surface area contributed by atoms with Crippen LogP contribution in [0.3, 0.4) is 0 Å². The van der Waals surface area contributed by atoms with Gasteiger partial charge >= 0.3 is 0 Å². The zero-order valence-electron chi connectivity index (χ0n) is 12.4. The smallest absolute Gasteiger partial charge is 0.241 e. The van der Waals surface area contributed by atoms with E-state index < -0.39 is 15.6 Å². The van der Waals surface area contributed by atoms with Crippen LogP contribution in [-0.4, -0.2) is 19.8 Å². The van der Waals surface area contributed by atoms with Gasteiger partial charge in [0.1, 0.15) is 5.84 Å². The van der Waals surface area contributed by atoms with Crippen molar-refractivity contribution in [1.29, 1.82) is 5.41 Å². The molecule has 0 aliphatic heterocycles. The summed E-state index contributed by atoms with van der Waals surface area (Å²) in [6, 6.07) is 4.98. The van der Waals surface area contributed by atoms with Crippen molar-refractivity contribution in [2.45, 2.75) is 51.0 Å². The summed E-state index contributed by atoms with van der Waals surface area (Å²) in [5, 5.41) is 7.67. The zero-order valence-corrected chi connectivity index (χ0v) is 13.3. The van der Waals surface area contributed by atoms with E-state index in [1.54, 1.807) is 18.2 Å². The van der Waals surface area contributed by atoms with Crippen molar-refractivity contribution in [3.05, 3.63) is 29.3 Å². The third-order valence-electron chi connectivity index (χ3n) is 3.84. The minimum atomic E-state index is -3.70. The summed E-state index contributed by atoms with van der Waals surface area (Å²) in [4.78, 5) is 0.202. The fraction of sp³-hybridized carbons (Fsp3) is 0.500. The van der Waals surface area contributed by atoms with Gasteiger partial charge in [-0.25, -0.2) is 8.42 Å². The van der Waals surface area contributed by atoms with Crippen molar-refractivity contribution < 1.29 is 8.42 Å². The maximum atomic E-state index is 12.5. The van der Waals surface area contributed by atoms with E-state index in [1.807, 2.05) is 27.7 Å². The summed E-state index contributed by atoms with van der Waals surface area (Å²) < 4.78 is 27.5. The Morgan fingerprint density at radius 2 is 1.80 bits per heavy atom. The molecule has 0 radical (unpaired) electrons. The second-order valence-electron chi connectivity index (χ2n) is 5.05. The predicted molar refractivity (Wildman–Crippen MR) is 81.5 cm³/mol. The van der Waals surface area contributed by atoms with Gasteiger partial charge in [-0.1, -0.05) is 19.9 Å². The maximum absolute atomic E-state index is 12.5. The Morgan fingerprint density at radius 1 is 1.25 bits per heavy atom. The standard InChI is InChI=1S/C14H23N3O2S/c1-5-14(6-2,13(15)16)17-20(18,19)12-8-7-10(3)11(4)9-12/h7-9,17H,5-6H2,1-4H3,(H3,15,16). The van der Waals surface area contributed by atoms with Gasteiger partial charge in [0.2, 0.25) is 10.0 Å². The molecule has 0 saturated carbocycles. The molecule has 1 aromatic rings. The summed E-state index contributed by atoms with van der Waals surface area (Å²) in [5.74, 6) is -0.157. The number of nitrogens with one attached hydrogen (secondary N) is 2. The maximum Gasteiger partial charge on any atom is 0.241 e. The van der Waals surface area contributed by atoms with Crippen LogP contribution in [0.2, 0.25) is 0 Å². The molecular weight excluding hydrogens is 274 g/mol. The molecule has 5 nitrogen and oxygen atoms in total.